The molecule has 2 N–H and O–H groups in total. The normalized spacial score (nSPS) is 17.0. The molecule has 8 heteroatoms. The van der Waals surface area contributed by atoms with E-state index in [0.717, 1.165) is 0 Å². The van der Waals surface area contributed by atoms with Crippen LogP contribution >= 0.6 is 0 Å². The number of nitrogens with zero attached hydrogens (tertiary/aromatic N) is 1. The summed E-state index contributed by atoms with van der Waals surface area (Å²) in [5.74, 6) is -0.313. The third-order valence-electron chi connectivity index (χ3n) is 3.06. The number of hydroxylamine groups is 1. The van der Waals surface area contributed by atoms with Crippen molar-refractivity contribution in [1.29, 1.82) is 0 Å². The molecule has 0 fully saturated rings. The second kappa shape index (κ2) is 7.32. The van der Waals surface area contributed by atoms with E-state index in [1.165, 1.54) is 24.3 Å². The SMILES string of the molecule is CC1=C(NOS(=O)(=O)c2ccccc2)C=CC(=O)C1=NCCO. The zero-order valence-corrected chi connectivity index (χ0v) is 13.2. The highest BCUT2D eigenvalue weighted by atomic mass is 32.2. The van der Waals surface area contributed by atoms with Crippen molar-refractivity contribution in [2.75, 3.05) is 13.2 Å². The third-order valence-corrected chi connectivity index (χ3v) is 4.21. The predicted molar refractivity (Wildman–Crippen MR) is 84.1 cm³/mol. The second-order valence-corrected chi connectivity index (χ2v) is 6.19. The van der Waals surface area contributed by atoms with Crippen LogP contribution in [0.5, 0.6) is 0 Å². The number of allylic oxidation sites excluding steroid dienone is 3. The molecule has 0 aromatic heterocycles. The van der Waals surface area contributed by atoms with Crippen molar-refractivity contribution in [1.82, 2.24) is 5.48 Å². The Morgan fingerprint density at radius 1 is 1.22 bits per heavy atom. The second-order valence-electron chi connectivity index (χ2n) is 4.64. The lowest BCUT2D eigenvalue weighted by atomic mass is 10.0. The van der Waals surface area contributed by atoms with Gasteiger partial charge < -0.3 is 5.11 Å². The Kier molecular flexibility index (Phi) is 5.43. The molecule has 0 radical (unpaired) electrons. The fourth-order valence-corrected chi connectivity index (χ4v) is 2.67. The van der Waals surface area contributed by atoms with E-state index in [9.17, 15) is 13.2 Å². The number of aliphatic hydroxyl groups is 1. The summed E-state index contributed by atoms with van der Waals surface area (Å²) >= 11 is 0. The van der Waals surface area contributed by atoms with Crippen LogP contribution in [0, 0.1) is 0 Å². The van der Waals surface area contributed by atoms with E-state index in [0.29, 0.717) is 11.3 Å². The summed E-state index contributed by atoms with van der Waals surface area (Å²) in [5.41, 5.74) is 3.25. The molecular weight excluding hydrogens is 320 g/mol. The first-order valence-electron chi connectivity index (χ1n) is 6.79. The number of nitrogens with one attached hydrogen (secondary N) is 1. The van der Waals surface area contributed by atoms with Crippen molar-refractivity contribution < 1.29 is 22.6 Å². The molecule has 23 heavy (non-hydrogen) atoms. The van der Waals surface area contributed by atoms with E-state index < -0.39 is 10.1 Å². The van der Waals surface area contributed by atoms with Gasteiger partial charge in [0.15, 0.2) is 0 Å². The maximum absolute atomic E-state index is 12.0. The van der Waals surface area contributed by atoms with Crippen molar-refractivity contribution in [2.45, 2.75) is 11.8 Å². The molecular formula is C15H16N2O5S. The lowest BCUT2D eigenvalue weighted by molar-refractivity contribution is -0.108. The molecule has 0 heterocycles. The Morgan fingerprint density at radius 3 is 2.57 bits per heavy atom. The van der Waals surface area contributed by atoms with E-state index in [-0.39, 0.29) is 29.5 Å². The summed E-state index contributed by atoms with van der Waals surface area (Å²) in [7, 11) is -3.98. The number of hydrogen-bond donors (Lipinski definition) is 2. The third kappa shape index (κ3) is 4.13. The predicted octanol–water partition coefficient (Wildman–Crippen LogP) is 0.743. The molecule has 2 rings (SSSR count). The van der Waals surface area contributed by atoms with Gasteiger partial charge in [-0.1, -0.05) is 18.2 Å². The Hall–Kier alpha value is -2.29. The maximum atomic E-state index is 12.0. The topological polar surface area (TPSA) is 105 Å². The van der Waals surface area contributed by atoms with E-state index in [2.05, 4.69) is 10.5 Å². The Labute approximate surface area is 134 Å². The number of hydrogen-bond acceptors (Lipinski definition) is 7. The van der Waals surface area contributed by atoms with Gasteiger partial charge in [-0.05, 0) is 31.2 Å². The molecule has 122 valence electrons. The van der Waals surface area contributed by atoms with Crippen molar-refractivity contribution in [3.63, 3.8) is 0 Å². The number of aliphatic imine (C=N–C) groups is 1. The number of aliphatic hydroxyl groups excluding tert-OH is 1. The van der Waals surface area contributed by atoms with Gasteiger partial charge in [0, 0.05) is 5.57 Å². The summed E-state index contributed by atoms with van der Waals surface area (Å²) in [4.78, 5) is 15.7. The van der Waals surface area contributed by atoms with Crippen molar-refractivity contribution in [3.05, 3.63) is 53.8 Å². The largest absolute Gasteiger partial charge is 0.394 e. The average molecular weight is 336 g/mol. The summed E-state index contributed by atoms with van der Waals surface area (Å²) in [6, 6.07) is 7.68. The van der Waals surface area contributed by atoms with Gasteiger partial charge >= 0.3 is 10.1 Å². The van der Waals surface area contributed by atoms with Gasteiger partial charge in [-0.2, -0.15) is 8.42 Å². The van der Waals surface area contributed by atoms with Crippen LogP contribution in [0.25, 0.3) is 0 Å². The summed E-state index contributed by atoms with van der Waals surface area (Å²) in [5, 5.41) is 8.80. The molecule has 0 spiro atoms. The number of carbonyl (C=O) groups is 1. The van der Waals surface area contributed by atoms with Crippen LogP contribution in [0.15, 0.2) is 63.6 Å². The van der Waals surface area contributed by atoms with Crippen LogP contribution in [0.2, 0.25) is 0 Å². The van der Waals surface area contributed by atoms with Crippen molar-refractivity contribution in [2.24, 2.45) is 4.99 Å². The van der Waals surface area contributed by atoms with Crippen LogP contribution in [0.1, 0.15) is 6.92 Å². The quantitative estimate of drug-likeness (QED) is 0.586. The smallest absolute Gasteiger partial charge is 0.317 e. The number of benzene rings is 1. The average Bonchev–Trinajstić information content (AvgIpc) is 2.55. The van der Waals surface area contributed by atoms with Crippen molar-refractivity contribution >= 4 is 21.6 Å². The molecule has 0 amide bonds. The standard InChI is InChI=1S/C15H16N2O5S/c1-11-13(7-8-14(19)15(11)16-9-10-18)17-22-23(20,21)12-5-3-2-4-6-12/h2-8,17-18H,9-10H2,1H3. The van der Waals surface area contributed by atoms with Crippen LogP contribution in [0.3, 0.4) is 0 Å². The molecule has 0 bridgehead atoms. The molecule has 0 atom stereocenters. The number of carbonyl (C=O) groups excluding carboxylic acids is 1. The van der Waals surface area contributed by atoms with Gasteiger partial charge in [-0.25, -0.2) is 5.48 Å². The van der Waals surface area contributed by atoms with Crippen LogP contribution in [-0.4, -0.2) is 38.2 Å². The van der Waals surface area contributed by atoms with Crippen LogP contribution < -0.4 is 5.48 Å². The maximum Gasteiger partial charge on any atom is 0.317 e. The first-order valence-corrected chi connectivity index (χ1v) is 8.20. The number of ketones is 1. The molecule has 0 saturated carbocycles. The van der Waals surface area contributed by atoms with E-state index in [4.69, 9.17) is 9.39 Å². The molecule has 0 saturated heterocycles. The minimum atomic E-state index is -3.98. The fourth-order valence-electron chi connectivity index (χ4n) is 1.88. The fraction of sp³-hybridized carbons (Fsp3) is 0.200. The lowest BCUT2D eigenvalue weighted by Gasteiger charge is -2.15. The molecule has 1 aliphatic carbocycles. The minimum Gasteiger partial charge on any atom is -0.394 e. The van der Waals surface area contributed by atoms with E-state index in [1.807, 2.05) is 0 Å². The Morgan fingerprint density at radius 2 is 1.91 bits per heavy atom. The molecule has 0 aliphatic heterocycles. The van der Waals surface area contributed by atoms with Gasteiger partial charge in [0.1, 0.15) is 5.71 Å². The van der Waals surface area contributed by atoms with Gasteiger partial charge in [-0.15, -0.1) is 4.28 Å². The van der Waals surface area contributed by atoms with E-state index in [1.54, 1.807) is 25.1 Å². The first kappa shape index (κ1) is 17.1. The zero-order valence-electron chi connectivity index (χ0n) is 12.4. The molecule has 1 aromatic carbocycles. The van der Waals surface area contributed by atoms with Gasteiger partial charge in [-0.3, -0.25) is 9.79 Å². The van der Waals surface area contributed by atoms with Crippen LogP contribution in [-0.2, 0) is 19.2 Å². The van der Waals surface area contributed by atoms with Crippen molar-refractivity contribution in [3.8, 4) is 0 Å². The summed E-state index contributed by atoms with van der Waals surface area (Å²) in [6.07, 6.45) is 2.67. The Balaban J connectivity index is 2.18. The van der Waals surface area contributed by atoms with Crippen LogP contribution in [0.4, 0.5) is 0 Å². The monoisotopic (exact) mass is 336 g/mol. The highest BCUT2D eigenvalue weighted by Crippen LogP contribution is 2.15. The van der Waals surface area contributed by atoms with Gasteiger partial charge in [0.25, 0.3) is 0 Å². The molecule has 0 unspecified atom stereocenters. The zero-order chi connectivity index (χ0) is 16.9. The number of rotatable bonds is 6. The first-order chi connectivity index (χ1) is 11.0. The highest BCUT2D eigenvalue weighted by molar-refractivity contribution is 7.86. The highest BCUT2D eigenvalue weighted by Gasteiger charge is 2.21. The minimum absolute atomic E-state index is 0.00999. The summed E-state index contributed by atoms with van der Waals surface area (Å²) in [6.45, 7) is 1.51. The van der Waals surface area contributed by atoms with E-state index >= 15 is 0 Å². The van der Waals surface area contributed by atoms with Gasteiger partial charge in [0.2, 0.25) is 5.78 Å². The lowest BCUT2D eigenvalue weighted by Crippen LogP contribution is -2.26. The Bertz CT molecular complexity index is 779. The molecule has 1 aliphatic rings. The molecule has 7 nitrogen and oxygen atoms in total. The van der Waals surface area contributed by atoms with Gasteiger partial charge in [0.05, 0.1) is 23.7 Å². The molecule has 1 aromatic rings. The summed E-state index contributed by atoms with van der Waals surface area (Å²) < 4.78 is 28.9.